The highest BCUT2D eigenvalue weighted by Crippen LogP contribution is 2.31. The molecule has 1 saturated heterocycles. The Kier molecular flexibility index (Phi) is 5.38. The Morgan fingerprint density at radius 1 is 1.27 bits per heavy atom. The molecular formula is C17H32N2O3. The van der Waals surface area contributed by atoms with Crippen LogP contribution >= 0.6 is 0 Å². The SMILES string of the molecule is CN(CC1(O)CCCC1)C1CCN(C(=O)OC(C)(C)C)CC1. The summed E-state index contributed by atoms with van der Waals surface area (Å²) < 4.78 is 5.43. The summed E-state index contributed by atoms with van der Waals surface area (Å²) in [4.78, 5) is 16.2. The van der Waals surface area contributed by atoms with Crippen molar-refractivity contribution in [1.29, 1.82) is 0 Å². The minimum absolute atomic E-state index is 0.206. The predicted molar refractivity (Wildman–Crippen MR) is 86.9 cm³/mol. The van der Waals surface area contributed by atoms with Gasteiger partial charge in [-0.15, -0.1) is 0 Å². The molecule has 2 rings (SSSR count). The zero-order chi connectivity index (χ0) is 16.4. The second-order valence-electron chi connectivity index (χ2n) is 8.05. The van der Waals surface area contributed by atoms with E-state index in [1.807, 2.05) is 20.8 Å². The summed E-state index contributed by atoms with van der Waals surface area (Å²) in [7, 11) is 2.10. The predicted octanol–water partition coefficient (Wildman–Crippen LogP) is 2.62. The van der Waals surface area contributed by atoms with E-state index in [4.69, 9.17) is 4.74 Å². The molecule has 2 aliphatic rings. The van der Waals surface area contributed by atoms with Gasteiger partial charge in [-0.3, -0.25) is 0 Å². The number of hydrogen-bond acceptors (Lipinski definition) is 4. The van der Waals surface area contributed by atoms with Crippen molar-refractivity contribution in [2.75, 3.05) is 26.7 Å². The first-order valence-electron chi connectivity index (χ1n) is 8.59. The van der Waals surface area contributed by atoms with Crippen LogP contribution in [0.3, 0.4) is 0 Å². The maximum absolute atomic E-state index is 12.1. The monoisotopic (exact) mass is 312 g/mol. The summed E-state index contributed by atoms with van der Waals surface area (Å²) in [6, 6.07) is 0.448. The van der Waals surface area contributed by atoms with E-state index >= 15 is 0 Å². The summed E-state index contributed by atoms with van der Waals surface area (Å²) in [5.74, 6) is 0. The lowest BCUT2D eigenvalue weighted by atomic mass is 9.98. The molecule has 0 radical (unpaired) electrons. The Labute approximate surface area is 134 Å². The first kappa shape index (κ1) is 17.5. The number of carbonyl (C=O) groups excluding carboxylic acids is 1. The van der Waals surface area contributed by atoms with Crippen molar-refractivity contribution in [2.24, 2.45) is 0 Å². The Morgan fingerprint density at radius 2 is 1.82 bits per heavy atom. The Balaban J connectivity index is 1.78. The number of likely N-dealkylation sites (tertiary alicyclic amines) is 1. The fraction of sp³-hybridized carbons (Fsp3) is 0.941. The van der Waals surface area contributed by atoms with Crippen LogP contribution in [-0.4, -0.2) is 64.9 Å². The number of nitrogens with zero attached hydrogens (tertiary/aromatic N) is 2. The van der Waals surface area contributed by atoms with Crippen molar-refractivity contribution < 1.29 is 14.6 Å². The molecule has 0 aromatic heterocycles. The van der Waals surface area contributed by atoms with E-state index in [1.54, 1.807) is 4.90 Å². The van der Waals surface area contributed by atoms with Crippen molar-refractivity contribution in [3.05, 3.63) is 0 Å². The van der Waals surface area contributed by atoms with Crippen molar-refractivity contribution in [2.45, 2.75) is 76.5 Å². The van der Waals surface area contributed by atoms with E-state index < -0.39 is 11.2 Å². The molecule has 1 heterocycles. The lowest BCUT2D eigenvalue weighted by molar-refractivity contribution is -0.0101. The first-order valence-corrected chi connectivity index (χ1v) is 8.59. The second kappa shape index (κ2) is 6.75. The van der Waals surface area contributed by atoms with Crippen LogP contribution in [0.2, 0.25) is 0 Å². The fourth-order valence-electron chi connectivity index (χ4n) is 3.60. The van der Waals surface area contributed by atoms with Gasteiger partial charge >= 0.3 is 6.09 Å². The van der Waals surface area contributed by atoms with E-state index in [0.29, 0.717) is 6.04 Å². The topological polar surface area (TPSA) is 53.0 Å². The smallest absolute Gasteiger partial charge is 0.410 e. The van der Waals surface area contributed by atoms with Gasteiger partial charge in [0.25, 0.3) is 0 Å². The summed E-state index contributed by atoms with van der Waals surface area (Å²) >= 11 is 0. The van der Waals surface area contributed by atoms with Crippen molar-refractivity contribution in [3.63, 3.8) is 0 Å². The lowest BCUT2D eigenvalue weighted by Gasteiger charge is -2.39. The molecule has 0 aromatic rings. The third-order valence-corrected chi connectivity index (χ3v) is 4.82. The number of hydrogen-bond donors (Lipinski definition) is 1. The molecule has 128 valence electrons. The van der Waals surface area contributed by atoms with Crippen molar-refractivity contribution in [1.82, 2.24) is 9.80 Å². The third kappa shape index (κ3) is 4.85. The molecular weight excluding hydrogens is 280 g/mol. The Bertz CT molecular complexity index is 378. The molecule has 1 aliphatic carbocycles. The number of ether oxygens (including phenoxy) is 1. The number of piperidine rings is 1. The lowest BCUT2D eigenvalue weighted by Crippen LogP contribution is -2.50. The Morgan fingerprint density at radius 3 is 2.32 bits per heavy atom. The van der Waals surface area contributed by atoms with Gasteiger partial charge in [0, 0.05) is 25.7 Å². The molecule has 1 N–H and O–H groups in total. The highest BCUT2D eigenvalue weighted by molar-refractivity contribution is 5.68. The fourth-order valence-corrected chi connectivity index (χ4v) is 3.60. The quantitative estimate of drug-likeness (QED) is 0.870. The molecule has 5 nitrogen and oxygen atoms in total. The third-order valence-electron chi connectivity index (χ3n) is 4.82. The van der Waals surface area contributed by atoms with E-state index in [-0.39, 0.29) is 6.09 Å². The molecule has 22 heavy (non-hydrogen) atoms. The van der Waals surface area contributed by atoms with Crippen LogP contribution in [0, 0.1) is 0 Å². The summed E-state index contributed by atoms with van der Waals surface area (Å²) in [5, 5.41) is 10.5. The standard InChI is InChI=1S/C17H32N2O3/c1-16(2,3)22-15(20)19-11-7-14(8-12-19)18(4)13-17(21)9-5-6-10-17/h14,21H,5-13H2,1-4H3. The van der Waals surface area contributed by atoms with Crippen LogP contribution in [0.25, 0.3) is 0 Å². The van der Waals surface area contributed by atoms with Gasteiger partial charge in [-0.2, -0.15) is 0 Å². The van der Waals surface area contributed by atoms with Crippen LogP contribution < -0.4 is 0 Å². The molecule has 0 bridgehead atoms. The van der Waals surface area contributed by atoms with Gasteiger partial charge in [0.05, 0.1) is 5.60 Å². The molecule has 0 spiro atoms. The van der Waals surface area contributed by atoms with Crippen LogP contribution in [0.5, 0.6) is 0 Å². The minimum atomic E-state index is -0.489. The molecule has 0 atom stereocenters. The molecule has 5 heteroatoms. The first-order chi connectivity index (χ1) is 10.2. The van der Waals surface area contributed by atoms with Gasteiger partial charge in [-0.05, 0) is 53.5 Å². The normalized spacial score (nSPS) is 23.1. The summed E-state index contributed by atoms with van der Waals surface area (Å²) in [6.07, 6.45) is 5.82. The average Bonchev–Trinajstić information content (AvgIpc) is 2.83. The zero-order valence-electron chi connectivity index (χ0n) is 14.6. The molecule has 1 aliphatic heterocycles. The summed E-state index contributed by atoms with van der Waals surface area (Å²) in [5.41, 5.74) is -0.923. The van der Waals surface area contributed by atoms with Gasteiger partial charge in [-0.1, -0.05) is 12.8 Å². The maximum atomic E-state index is 12.1. The number of carbonyl (C=O) groups is 1. The van der Waals surface area contributed by atoms with Gasteiger partial charge < -0.3 is 19.6 Å². The van der Waals surface area contributed by atoms with E-state index in [0.717, 1.165) is 58.2 Å². The molecule has 2 fully saturated rings. The van der Waals surface area contributed by atoms with Crippen LogP contribution in [0.4, 0.5) is 4.79 Å². The second-order valence-corrected chi connectivity index (χ2v) is 8.05. The van der Waals surface area contributed by atoms with Gasteiger partial charge in [0.1, 0.15) is 5.60 Å². The van der Waals surface area contributed by atoms with Crippen molar-refractivity contribution >= 4 is 6.09 Å². The number of aliphatic hydroxyl groups is 1. The minimum Gasteiger partial charge on any atom is -0.444 e. The van der Waals surface area contributed by atoms with Crippen LogP contribution in [-0.2, 0) is 4.74 Å². The maximum Gasteiger partial charge on any atom is 0.410 e. The van der Waals surface area contributed by atoms with E-state index in [2.05, 4.69) is 11.9 Å². The van der Waals surface area contributed by atoms with Gasteiger partial charge in [0.15, 0.2) is 0 Å². The summed E-state index contributed by atoms with van der Waals surface area (Å²) in [6.45, 7) is 7.92. The number of amides is 1. The number of likely N-dealkylation sites (N-methyl/N-ethyl adjacent to an activating group) is 1. The van der Waals surface area contributed by atoms with Crippen LogP contribution in [0.15, 0.2) is 0 Å². The van der Waals surface area contributed by atoms with E-state index in [9.17, 15) is 9.90 Å². The van der Waals surface area contributed by atoms with Gasteiger partial charge in [0.2, 0.25) is 0 Å². The molecule has 1 amide bonds. The number of rotatable bonds is 3. The van der Waals surface area contributed by atoms with Gasteiger partial charge in [-0.25, -0.2) is 4.79 Å². The highest BCUT2D eigenvalue weighted by atomic mass is 16.6. The van der Waals surface area contributed by atoms with E-state index in [1.165, 1.54) is 0 Å². The molecule has 1 saturated carbocycles. The highest BCUT2D eigenvalue weighted by Gasteiger charge is 2.35. The Hall–Kier alpha value is -0.810. The zero-order valence-corrected chi connectivity index (χ0v) is 14.6. The van der Waals surface area contributed by atoms with Crippen molar-refractivity contribution in [3.8, 4) is 0 Å². The molecule has 0 aromatic carbocycles. The average molecular weight is 312 g/mol. The molecule has 0 unspecified atom stereocenters. The largest absolute Gasteiger partial charge is 0.444 e. The van der Waals surface area contributed by atoms with Crippen LogP contribution in [0.1, 0.15) is 59.3 Å².